The minimum atomic E-state index is -0.653. The number of carbonyl (C=O) groups is 1. The highest BCUT2D eigenvalue weighted by molar-refractivity contribution is 6.30. The Hall–Kier alpha value is -3.04. The van der Waals surface area contributed by atoms with Gasteiger partial charge in [0.1, 0.15) is 24.5 Å². The summed E-state index contributed by atoms with van der Waals surface area (Å²) < 4.78 is 21.0. The molecule has 0 bridgehead atoms. The first-order valence-electron chi connectivity index (χ1n) is 8.61. The Labute approximate surface area is 172 Å². The SMILES string of the molecule is COCCOc1cc([N+](=O)[O-])c(C(=O)NCCOc2cccc(Cl)c2)cc1OC. The van der Waals surface area contributed by atoms with Crippen molar-refractivity contribution in [3.8, 4) is 17.2 Å². The van der Waals surface area contributed by atoms with E-state index in [9.17, 15) is 14.9 Å². The molecule has 2 rings (SSSR count). The highest BCUT2D eigenvalue weighted by atomic mass is 35.5. The average Bonchev–Trinajstić information content (AvgIpc) is 2.70. The molecule has 0 heterocycles. The molecule has 29 heavy (non-hydrogen) atoms. The van der Waals surface area contributed by atoms with E-state index in [1.807, 2.05) is 0 Å². The number of nitrogens with one attached hydrogen (secondary N) is 1. The Bertz CT molecular complexity index is 860. The smallest absolute Gasteiger partial charge is 0.286 e. The van der Waals surface area contributed by atoms with E-state index in [2.05, 4.69) is 5.32 Å². The van der Waals surface area contributed by atoms with E-state index in [0.717, 1.165) is 6.07 Å². The number of ether oxygens (including phenoxy) is 4. The van der Waals surface area contributed by atoms with Crippen LogP contribution in [0.1, 0.15) is 10.4 Å². The molecular weight excluding hydrogens is 404 g/mol. The molecule has 156 valence electrons. The molecule has 1 N–H and O–H groups in total. The van der Waals surface area contributed by atoms with E-state index in [1.165, 1.54) is 20.3 Å². The van der Waals surface area contributed by atoms with Crippen LogP contribution in [0.2, 0.25) is 5.02 Å². The molecule has 0 atom stereocenters. The van der Waals surface area contributed by atoms with Gasteiger partial charge < -0.3 is 24.3 Å². The normalized spacial score (nSPS) is 10.3. The molecule has 0 aliphatic rings. The second kappa shape index (κ2) is 11.1. The van der Waals surface area contributed by atoms with Crippen molar-refractivity contribution >= 4 is 23.2 Å². The molecule has 9 nitrogen and oxygen atoms in total. The van der Waals surface area contributed by atoms with Crippen molar-refractivity contribution in [3.05, 3.63) is 57.1 Å². The number of nitrogens with zero attached hydrogens (tertiary/aromatic N) is 1. The van der Waals surface area contributed by atoms with Crippen molar-refractivity contribution in [1.29, 1.82) is 0 Å². The largest absolute Gasteiger partial charge is 0.493 e. The van der Waals surface area contributed by atoms with Crippen LogP contribution in [0.4, 0.5) is 5.69 Å². The van der Waals surface area contributed by atoms with Gasteiger partial charge in [-0.3, -0.25) is 14.9 Å². The van der Waals surface area contributed by atoms with Crippen LogP contribution < -0.4 is 19.5 Å². The summed E-state index contributed by atoms with van der Waals surface area (Å²) in [4.78, 5) is 23.2. The first-order chi connectivity index (χ1) is 14.0. The van der Waals surface area contributed by atoms with Crippen molar-refractivity contribution in [2.75, 3.05) is 40.6 Å². The third-order valence-electron chi connectivity index (χ3n) is 3.72. The van der Waals surface area contributed by atoms with Crippen LogP contribution in [-0.2, 0) is 4.74 Å². The van der Waals surface area contributed by atoms with Gasteiger partial charge in [0.2, 0.25) is 0 Å². The zero-order chi connectivity index (χ0) is 21.2. The van der Waals surface area contributed by atoms with Crippen molar-refractivity contribution in [2.24, 2.45) is 0 Å². The third kappa shape index (κ3) is 6.51. The lowest BCUT2D eigenvalue weighted by molar-refractivity contribution is -0.385. The molecule has 2 aromatic carbocycles. The molecule has 0 saturated carbocycles. The molecule has 0 fully saturated rings. The Kier molecular flexibility index (Phi) is 8.50. The van der Waals surface area contributed by atoms with Crippen molar-refractivity contribution in [3.63, 3.8) is 0 Å². The van der Waals surface area contributed by atoms with E-state index < -0.39 is 16.5 Å². The molecule has 0 aliphatic heterocycles. The van der Waals surface area contributed by atoms with Gasteiger partial charge >= 0.3 is 0 Å². The second-order valence-corrected chi connectivity index (χ2v) is 6.12. The molecule has 1 amide bonds. The molecule has 0 spiro atoms. The number of hydrogen-bond acceptors (Lipinski definition) is 7. The number of halogens is 1. The quantitative estimate of drug-likeness (QED) is 0.335. The molecule has 0 aromatic heterocycles. The molecule has 0 unspecified atom stereocenters. The maximum atomic E-state index is 12.5. The molecule has 10 heteroatoms. The Morgan fingerprint density at radius 2 is 1.90 bits per heavy atom. The predicted octanol–water partition coefficient (Wildman–Crippen LogP) is 3.09. The van der Waals surface area contributed by atoms with Crippen LogP contribution in [-0.4, -0.2) is 51.4 Å². The number of rotatable bonds is 11. The molecular formula is C19H21ClN2O7. The number of amides is 1. The fourth-order valence-corrected chi connectivity index (χ4v) is 2.56. The number of nitro benzene ring substituents is 1. The van der Waals surface area contributed by atoms with E-state index >= 15 is 0 Å². The number of nitro groups is 1. The van der Waals surface area contributed by atoms with Gasteiger partial charge in [-0.05, 0) is 18.2 Å². The summed E-state index contributed by atoms with van der Waals surface area (Å²) in [6, 6.07) is 9.25. The van der Waals surface area contributed by atoms with Crippen LogP contribution in [0.25, 0.3) is 0 Å². The van der Waals surface area contributed by atoms with Gasteiger partial charge in [-0.15, -0.1) is 0 Å². The lowest BCUT2D eigenvalue weighted by Crippen LogP contribution is -2.28. The highest BCUT2D eigenvalue weighted by Crippen LogP contribution is 2.34. The highest BCUT2D eigenvalue weighted by Gasteiger charge is 2.24. The first-order valence-corrected chi connectivity index (χ1v) is 8.98. The molecule has 2 aromatic rings. The van der Waals surface area contributed by atoms with Crippen LogP contribution in [0, 0.1) is 10.1 Å². The van der Waals surface area contributed by atoms with E-state index in [4.69, 9.17) is 30.5 Å². The second-order valence-electron chi connectivity index (χ2n) is 5.68. The monoisotopic (exact) mass is 424 g/mol. The lowest BCUT2D eigenvalue weighted by Gasteiger charge is -2.13. The maximum absolute atomic E-state index is 12.5. The van der Waals surface area contributed by atoms with Gasteiger partial charge in [0, 0.05) is 18.2 Å². The number of hydrogen-bond donors (Lipinski definition) is 1. The average molecular weight is 425 g/mol. The molecule has 0 aliphatic carbocycles. The summed E-state index contributed by atoms with van der Waals surface area (Å²) in [6.07, 6.45) is 0. The number of carbonyl (C=O) groups excluding carboxylic acids is 1. The molecule has 0 radical (unpaired) electrons. The summed E-state index contributed by atoms with van der Waals surface area (Å²) in [6.45, 7) is 0.772. The maximum Gasteiger partial charge on any atom is 0.286 e. The van der Waals surface area contributed by atoms with Crippen LogP contribution >= 0.6 is 11.6 Å². The van der Waals surface area contributed by atoms with Crippen LogP contribution in [0.15, 0.2) is 36.4 Å². The lowest BCUT2D eigenvalue weighted by atomic mass is 10.1. The van der Waals surface area contributed by atoms with Gasteiger partial charge in [0.15, 0.2) is 11.5 Å². The van der Waals surface area contributed by atoms with Gasteiger partial charge in [-0.25, -0.2) is 0 Å². The fourth-order valence-electron chi connectivity index (χ4n) is 2.37. The standard InChI is InChI=1S/C19H21ClN2O7/c1-26-8-9-29-18-12-16(22(24)25)15(11-17(18)27-2)19(23)21-6-7-28-14-5-3-4-13(20)10-14/h3-5,10-12H,6-9H2,1-2H3,(H,21,23). The summed E-state index contributed by atoms with van der Waals surface area (Å²) in [5.74, 6) is 0.272. The minimum absolute atomic E-state index is 0.136. The van der Waals surface area contributed by atoms with E-state index in [0.29, 0.717) is 17.4 Å². The van der Waals surface area contributed by atoms with Crippen LogP contribution in [0.5, 0.6) is 17.2 Å². The van der Waals surface area contributed by atoms with Gasteiger partial charge in [-0.2, -0.15) is 0 Å². The first kappa shape index (κ1) is 22.3. The fraction of sp³-hybridized carbons (Fsp3) is 0.316. The number of benzene rings is 2. The Morgan fingerprint density at radius 1 is 1.10 bits per heavy atom. The Morgan fingerprint density at radius 3 is 2.55 bits per heavy atom. The van der Waals surface area contributed by atoms with Crippen molar-refractivity contribution in [1.82, 2.24) is 5.32 Å². The predicted molar refractivity (Wildman–Crippen MR) is 106 cm³/mol. The summed E-state index contributed by atoms with van der Waals surface area (Å²) >= 11 is 5.87. The minimum Gasteiger partial charge on any atom is -0.493 e. The van der Waals surface area contributed by atoms with Gasteiger partial charge in [0.05, 0.1) is 31.3 Å². The topological polar surface area (TPSA) is 109 Å². The van der Waals surface area contributed by atoms with E-state index in [1.54, 1.807) is 24.3 Å². The number of methoxy groups -OCH3 is 2. The van der Waals surface area contributed by atoms with Gasteiger partial charge in [-0.1, -0.05) is 17.7 Å². The van der Waals surface area contributed by atoms with Crippen molar-refractivity contribution in [2.45, 2.75) is 0 Å². The van der Waals surface area contributed by atoms with E-state index in [-0.39, 0.29) is 36.8 Å². The zero-order valence-electron chi connectivity index (χ0n) is 16.0. The summed E-state index contributed by atoms with van der Waals surface area (Å²) in [7, 11) is 2.89. The summed E-state index contributed by atoms with van der Waals surface area (Å²) in [5.41, 5.74) is -0.542. The van der Waals surface area contributed by atoms with Crippen LogP contribution in [0.3, 0.4) is 0 Å². The Balaban J connectivity index is 2.06. The summed E-state index contributed by atoms with van der Waals surface area (Å²) in [5, 5.41) is 14.5. The zero-order valence-corrected chi connectivity index (χ0v) is 16.7. The van der Waals surface area contributed by atoms with Crippen molar-refractivity contribution < 1.29 is 28.7 Å². The molecule has 0 saturated heterocycles. The van der Waals surface area contributed by atoms with Gasteiger partial charge in [0.25, 0.3) is 11.6 Å². The third-order valence-corrected chi connectivity index (χ3v) is 3.96.